The smallest absolute Gasteiger partial charge is 0.311 e. The van der Waals surface area contributed by atoms with Gasteiger partial charge < -0.3 is 9.32 Å². The van der Waals surface area contributed by atoms with Crippen LogP contribution in [0.25, 0.3) is 11.5 Å². The van der Waals surface area contributed by atoms with Crippen LogP contribution in [-0.2, 0) is 0 Å². The van der Waals surface area contributed by atoms with E-state index in [-0.39, 0.29) is 17.7 Å². The summed E-state index contributed by atoms with van der Waals surface area (Å²) in [5.41, 5.74) is 0.450. The molecule has 0 bridgehead atoms. The number of amides is 1. The molecular weight excluding hydrogens is 249 g/mol. The maximum absolute atomic E-state index is 13.1. The number of hydrogen-bond acceptors (Lipinski definition) is 4. The molecule has 1 aromatic heterocycles. The van der Waals surface area contributed by atoms with E-state index in [0.29, 0.717) is 18.7 Å². The number of benzene rings is 1. The molecule has 19 heavy (non-hydrogen) atoms. The highest BCUT2D eigenvalue weighted by atomic mass is 19.1. The minimum Gasteiger partial charge on any atom is -0.412 e. The molecule has 1 heterocycles. The van der Waals surface area contributed by atoms with Crippen LogP contribution in [0.4, 0.5) is 4.39 Å². The summed E-state index contributed by atoms with van der Waals surface area (Å²) in [5.74, 6) is -0.662. The summed E-state index contributed by atoms with van der Waals surface area (Å²) < 4.78 is 18.4. The van der Waals surface area contributed by atoms with Gasteiger partial charge in [0.2, 0.25) is 5.89 Å². The van der Waals surface area contributed by atoms with Crippen molar-refractivity contribution in [2.24, 2.45) is 0 Å². The molecular formula is C13H14FN3O2. The lowest BCUT2D eigenvalue weighted by Gasteiger charge is -2.15. The van der Waals surface area contributed by atoms with Gasteiger partial charge in [0.1, 0.15) is 5.82 Å². The summed E-state index contributed by atoms with van der Waals surface area (Å²) in [6.45, 7) is 4.86. The second-order valence-electron chi connectivity index (χ2n) is 3.90. The SMILES string of the molecule is CCN(CC)C(=O)c1nnc(-c2cccc(F)c2)o1. The van der Waals surface area contributed by atoms with Gasteiger partial charge >= 0.3 is 11.8 Å². The Morgan fingerprint density at radius 1 is 1.32 bits per heavy atom. The predicted molar refractivity (Wildman–Crippen MR) is 66.9 cm³/mol. The maximum Gasteiger partial charge on any atom is 0.311 e. The summed E-state index contributed by atoms with van der Waals surface area (Å²) >= 11 is 0. The Morgan fingerprint density at radius 3 is 2.68 bits per heavy atom. The Balaban J connectivity index is 2.26. The number of rotatable bonds is 4. The zero-order chi connectivity index (χ0) is 13.8. The average Bonchev–Trinajstić information content (AvgIpc) is 2.89. The Bertz CT molecular complexity index is 579. The highest BCUT2D eigenvalue weighted by molar-refractivity contribution is 5.89. The molecule has 0 atom stereocenters. The van der Waals surface area contributed by atoms with Crippen molar-refractivity contribution in [3.63, 3.8) is 0 Å². The average molecular weight is 263 g/mol. The second-order valence-corrected chi connectivity index (χ2v) is 3.90. The van der Waals surface area contributed by atoms with Crippen LogP contribution in [-0.4, -0.2) is 34.1 Å². The fourth-order valence-electron chi connectivity index (χ4n) is 1.69. The molecule has 0 spiro atoms. The first-order valence-electron chi connectivity index (χ1n) is 6.04. The summed E-state index contributed by atoms with van der Waals surface area (Å²) in [6, 6.07) is 5.78. The van der Waals surface area contributed by atoms with Gasteiger partial charge in [0.25, 0.3) is 0 Å². The summed E-state index contributed by atoms with van der Waals surface area (Å²) in [5, 5.41) is 7.48. The van der Waals surface area contributed by atoms with Gasteiger partial charge in [-0.25, -0.2) is 4.39 Å². The molecule has 0 N–H and O–H groups in total. The van der Waals surface area contributed by atoms with Gasteiger partial charge in [-0.3, -0.25) is 4.79 Å². The van der Waals surface area contributed by atoms with Gasteiger partial charge in [-0.1, -0.05) is 6.07 Å². The van der Waals surface area contributed by atoms with E-state index in [1.54, 1.807) is 17.0 Å². The van der Waals surface area contributed by atoms with Crippen LogP contribution in [0.5, 0.6) is 0 Å². The van der Waals surface area contributed by atoms with Crippen LogP contribution in [0.15, 0.2) is 28.7 Å². The van der Waals surface area contributed by atoms with Crippen LogP contribution in [0, 0.1) is 5.82 Å². The molecule has 1 aromatic carbocycles. The minimum absolute atomic E-state index is 0.0806. The molecule has 100 valence electrons. The lowest BCUT2D eigenvalue weighted by atomic mass is 10.2. The molecule has 0 saturated heterocycles. The molecule has 1 amide bonds. The summed E-state index contributed by atoms with van der Waals surface area (Å²) in [6.07, 6.45) is 0. The van der Waals surface area contributed by atoms with Crippen LogP contribution in [0.2, 0.25) is 0 Å². The second kappa shape index (κ2) is 5.60. The predicted octanol–water partition coefficient (Wildman–Crippen LogP) is 2.36. The standard InChI is InChI=1S/C13H14FN3O2/c1-3-17(4-2)13(18)12-16-15-11(19-12)9-6-5-7-10(14)8-9/h5-8H,3-4H2,1-2H3. The van der Waals surface area contributed by atoms with Crippen molar-refractivity contribution in [3.05, 3.63) is 36.0 Å². The van der Waals surface area contributed by atoms with Crippen molar-refractivity contribution in [2.75, 3.05) is 13.1 Å². The molecule has 6 heteroatoms. The number of aromatic nitrogens is 2. The van der Waals surface area contributed by atoms with Gasteiger partial charge in [-0.2, -0.15) is 0 Å². The summed E-state index contributed by atoms with van der Waals surface area (Å²) in [7, 11) is 0. The number of carbonyl (C=O) groups excluding carboxylic acids is 1. The van der Waals surface area contributed by atoms with Crippen LogP contribution in [0.3, 0.4) is 0 Å². The van der Waals surface area contributed by atoms with Crippen LogP contribution >= 0.6 is 0 Å². The van der Waals surface area contributed by atoms with E-state index in [0.717, 1.165) is 0 Å². The Kier molecular flexibility index (Phi) is 3.89. The van der Waals surface area contributed by atoms with Crippen LogP contribution < -0.4 is 0 Å². The molecule has 0 aliphatic carbocycles. The number of nitrogens with zero attached hydrogens (tertiary/aromatic N) is 3. The van der Waals surface area contributed by atoms with E-state index in [1.807, 2.05) is 13.8 Å². The number of hydrogen-bond donors (Lipinski definition) is 0. The van der Waals surface area contributed by atoms with Crippen molar-refractivity contribution in [1.29, 1.82) is 0 Å². The van der Waals surface area contributed by atoms with Gasteiger partial charge in [0, 0.05) is 18.7 Å². The van der Waals surface area contributed by atoms with Gasteiger partial charge in [-0.15, -0.1) is 10.2 Å². The molecule has 0 aliphatic heterocycles. The Hall–Kier alpha value is -2.24. The quantitative estimate of drug-likeness (QED) is 0.849. The molecule has 0 unspecified atom stereocenters. The van der Waals surface area contributed by atoms with E-state index < -0.39 is 5.82 Å². The molecule has 5 nitrogen and oxygen atoms in total. The lowest BCUT2D eigenvalue weighted by molar-refractivity contribution is 0.0733. The molecule has 2 aromatic rings. The highest BCUT2D eigenvalue weighted by Crippen LogP contribution is 2.19. The number of halogens is 1. The van der Waals surface area contributed by atoms with Crippen molar-refractivity contribution in [2.45, 2.75) is 13.8 Å². The van der Waals surface area contributed by atoms with E-state index in [4.69, 9.17) is 4.42 Å². The van der Waals surface area contributed by atoms with Crippen molar-refractivity contribution < 1.29 is 13.6 Å². The Labute approximate surface area is 110 Å². The van der Waals surface area contributed by atoms with E-state index in [9.17, 15) is 9.18 Å². The molecule has 0 fully saturated rings. The third-order valence-electron chi connectivity index (χ3n) is 2.73. The first kappa shape index (κ1) is 13.2. The normalized spacial score (nSPS) is 10.5. The maximum atomic E-state index is 13.1. The van der Waals surface area contributed by atoms with E-state index >= 15 is 0 Å². The third-order valence-corrected chi connectivity index (χ3v) is 2.73. The van der Waals surface area contributed by atoms with Crippen molar-refractivity contribution in [3.8, 4) is 11.5 Å². The zero-order valence-corrected chi connectivity index (χ0v) is 10.8. The molecule has 0 saturated carbocycles. The van der Waals surface area contributed by atoms with E-state index in [2.05, 4.69) is 10.2 Å². The molecule has 0 aliphatic rings. The first-order valence-corrected chi connectivity index (χ1v) is 6.04. The Morgan fingerprint density at radius 2 is 2.05 bits per heavy atom. The minimum atomic E-state index is -0.396. The van der Waals surface area contributed by atoms with Gasteiger partial charge in [0.05, 0.1) is 0 Å². The lowest BCUT2D eigenvalue weighted by Crippen LogP contribution is -2.30. The molecule has 0 radical (unpaired) electrons. The highest BCUT2D eigenvalue weighted by Gasteiger charge is 2.20. The topological polar surface area (TPSA) is 59.2 Å². The largest absolute Gasteiger partial charge is 0.412 e. The fraction of sp³-hybridized carbons (Fsp3) is 0.308. The first-order chi connectivity index (χ1) is 9.15. The number of carbonyl (C=O) groups is 1. The van der Waals surface area contributed by atoms with Crippen LogP contribution in [0.1, 0.15) is 24.5 Å². The van der Waals surface area contributed by atoms with Crippen molar-refractivity contribution in [1.82, 2.24) is 15.1 Å². The monoisotopic (exact) mass is 263 g/mol. The van der Waals surface area contributed by atoms with Gasteiger partial charge in [0.15, 0.2) is 0 Å². The van der Waals surface area contributed by atoms with Gasteiger partial charge in [-0.05, 0) is 32.0 Å². The van der Waals surface area contributed by atoms with Crippen molar-refractivity contribution >= 4 is 5.91 Å². The zero-order valence-electron chi connectivity index (χ0n) is 10.8. The van der Waals surface area contributed by atoms with E-state index in [1.165, 1.54) is 12.1 Å². The molecule has 2 rings (SSSR count). The summed E-state index contributed by atoms with van der Waals surface area (Å²) in [4.78, 5) is 13.5. The third kappa shape index (κ3) is 2.78. The fourth-order valence-corrected chi connectivity index (χ4v) is 1.69.